The summed E-state index contributed by atoms with van der Waals surface area (Å²) in [7, 11) is 0. The molecule has 0 unspecified atom stereocenters. The number of nitrogens with zero attached hydrogens (tertiary/aromatic N) is 2. The van der Waals surface area contributed by atoms with E-state index in [1.165, 1.54) is 0 Å². The van der Waals surface area contributed by atoms with Crippen LogP contribution in [0.4, 0.5) is 11.5 Å². The predicted octanol–water partition coefficient (Wildman–Crippen LogP) is 4.21. The fourth-order valence-corrected chi connectivity index (χ4v) is 2.36. The Morgan fingerprint density at radius 1 is 1.22 bits per heavy atom. The van der Waals surface area contributed by atoms with Gasteiger partial charge in [0.05, 0.1) is 0 Å². The molecule has 122 valence electrons. The van der Waals surface area contributed by atoms with Crippen molar-refractivity contribution in [1.82, 2.24) is 4.98 Å². The number of para-hydroxylation sites is 1. The van der Waals surface area contributed by atoms with Gasteiger partial charge < -0.3 is 10.2 Å². The first-order valence-corrected chi connectivity index (χ1v) is 8.18. The summed E-state index contributed by atoms with van der Waals surface area (Å²) >= 11 is 0. The van der Waals surface area contributed by atoms with Crippen LogP contribution >= 0.6 is 0 Å². The Labute approximate surface area is 138 Å². The fourth-order valence-electron chi connectivity index (χ4n) is 2.36. The van der Waals surface area contributed by atoms with Gasteiger partial charge in [-0.15, -0.1) is 0 Å². The van der Waals surface area contributed by atoms with Crippen molar-refractivity contribution in [1.29, 1.82) is 0 Å². The van der Waals surface area contributed by atoms with E-state index in [4.69, 9.17) is 0 Å². The molecule has 0 bridgehead atoms. The first-order chi connectivity index (χ1) is 11.1. The third-order valence-corrected chi connectivity index (χ3v) is 3.66. The number of pyridine rings is 1. The quantitative estimate of drug-likeness (QED) is 0.833. The first kappa shape index (κ1) is 17.0. The third-order valence-electron chi connectivity index (χ3n) is 3.66. The smallest absolute Gasteiger partial charge is 0.258 e. The van der Waals surface area contributed by atoms with Crippen molar-refractivity contribution in [3.05, 3.63) is 54.2 Å². The molecule has 4 heteroatoms. The van der Waals surface area contributed by atoms with Crippen molar-refractivity contribution < 1.29 is 4.79 Å². The van der Waals surface area contributed by atoms with Gasteiger partial charge in [0, 0.05) is 30.5 Å². The Hall–Kier alpha value is -2.36. The molecule has 0 saturated carbocycles. The Morgan fingerprint density at radius 3 is 2.61 bits per heavy atom. The van der Waals surface area contributed by atoms with Crippen LogP contribution < -0.4 is 10.2 Å². The summed E-state index contributed by atoms with van der Waals surface area (Å²) < 4.78 is 0. The van der Waals surface area contributed by atoms with Gasteiger partial charge in [0.1, 0.15) is 5.82 Å². The maximum absolute atomic E-state index is 12.8. The first-order valence-electron chi connectivity index (χ1n) is 8.18. The van der Waals surface area contributed by atoms with Crippen LogP contribution in [-0.2, 0) is 0 Å². The number of rotatable bonds is 7. The minimum atomic E-state index is -0.00647. The monoisotopic (exact) mass is 311 g/mol. The van der Waals surface area contributed by atoms with Crippen LogP contribution in [0.15, 0.2) is 48.7 Å². The summed E-state index contributed by atoms with van der Waals surface area (Å²) in [5, 5.41) is 3.29. The number of aromatic nitrogens is 1. The van der Waals surface area contributed by atoms with Crippen molar-refractivity contribution in [2.45, 2.75) is 27.2 Å². The molecule has 1 aromatic carbocycles. The van der Waals surface area contributed by atoms with E-state index in [9.17, 15) is 4.79 Å². The van der Waals surface area contributed by atoms with E-state index in [0.29, 0.717) is 18.0 Å². The lowest BCUT2D eigenvalue weighted by atomic mass is 10.1. The van der Waals surface area contributed by atoms with Gasteiger partial charge in [-0.1, -0.05) is 32.0 Å². The maximum atomic E-state index is 12.8. The molecule has 0 atom stereocenters. The predicted molar refractivity (Wildman–Crippen MR) is 96.0 cm³/mol. The minimum Gasteiger partial charge on any atom is -0.370 e. The number of carbonyl (C=O) groups is 1. The van der Waals surface area contributed by atoms with Gasteiger partial charge in [0.15, 0.2) is 0 Å². The molecule has 0 aliphatic carbocycles. The number of amides is 1. The van der Waals surface area contributed by atoms with Gasteiger partial charge in [-0.2, -0.15) is 0 Å². The van der Waals surface area contributed by atoms with Crippen molar-refractivity contribution in [3.63, 3.8) is 0 Å². The van der Waals surface area contributed by atoms with Crippen molar-refractivity contribution in [2.75, 3.05) is 23.3 Å². The van der Waals surface area contributed by atoms with Crippen LogP contribution in [0.25, 0.3) is 0 Å². The molecular formula is C19H25N3O. The summed E-state index contributed by atoms with van der Waals surface area (Å²) in [6.45, 7) is 7.84. The lowest BCUT2D eigenvalue weighted by Crippen LogP contribution is -2.30. The molecule has 0 spiro atoms. The Balaban J connectivity index is 2.12. The van der Waals surface area contributed by atoms with E-state index < -0.39 is 0 Å². The number of hydrogen-bond acceptors (Lipinski definition) is 3. The van der Waals surface area contributed by atoms with E-state index in [1.54, 1.807) is 17.2 Å². The fraction of sp³-hybridized carbons (Fsp3) is 0.368. The summed E-state index contributed by atoms with van der Waals surface area (Å²) in [4.78, 5) is 18.8. The average Bonchev–Trinajstić information content (AvgIpc) is 2.56. The number of anilines is 2. The molecule has 1 aromatic heterocycles. The zero-order valence-electron chi connectivity index (χ0n) is 14.1. The second-order valence-electron chi connectivity index (χ2n) is 5.92. The van der Waals surface area contributed by atoms with Crippen molar-refractivity contribution >= 4 is 17.4 Å². The lowest BCUT2D eigenvalue weighted by Gasteiger charge is -2.21. The molecule has 0 aliphatic rings. The molecule has 2 rings (SSSR count). The zero-order chi connectivity index (χ0) is 16.7. The van der Waals surface area contributed by atoms with Crippen LogP contribution in [0.3, 0.4) is 0 Å². The molecule has 4 nitrogen and oxygen atoms in total. The van der Waals surface area contributed by atoms with E-state index in [0.717, 1.165) is 24.5 Å². The number of hydrogen-bond donors (Lipinski definition) is 1. The summed E-state index contributed by atoms with van der Waals surface area (Å²) in [5.41, 5.74) is 1.56. The van der Waals surface area contributed by atoms with Crippen LogP contribution in [-0.4, -0.2) is 24.0 Å². The molecule has 0 aliphatic heterocycles. The summed E-state index contributed by atoms with van der Waals surface area (Å²) in [5.74, 6) is 1.38. The Bertz CT molecular complexity index is 626. The highest BCUT2D eigenvalue weighted by molar-refractivity contribution is 6.06. The van der Waals surface area contributed by atoms with Crippen molar-refractivity contribution in [3.8, 4) is 0 Å². The van der Waals surface area contributed by atoms with Gasteiger partial charge in [0.2, 0.25) is 0 Å². The number of carbonyl (C=O) groups excluding carboxylic acids is 1. The van der Waals surface area contributed by atoms with E-state index in [2.05, 4.69) is 24.1 Å². The van der Waals surface area contributed by atoms with Crippen LogP contribution in [0.2, 0.25) is 0 Å². The zero-order valence-corrected chi connectivity index (χ0v) is 14.1. The molecule has 2 aromatic rings. The largest absolute Gasteiger partial charge is 0.370 e. The van der Waals surface area contributed by atoms with Gasteiger partial charge >= 0.3 is 0 Å². The Morgan fingerprint density at radius 2 is 1.96 bits per heavy atom. The van der Waals surface area contributed by atoms with E-state index in [-0.39, 0.29) is 5.91 Å². The second kappa shape index (κ2) is 8.32. The third kappa shape index (κ3) is 4.81. The second-order valence-corrected chi connectivity index (χ2v) is 5.92. The summed E-state index contributed by atoms with van der Waals surface area (Å²) in [6.07, 6.45) is 2.76. The molecule has 0 saturated heterocycles. The molecule has 0 radical (unpaired) electrons. The molecule has 1 amide bonds. The van der Waals surface area contributed by atoms with Crippen LogP contribution in [0.1, 0.15) is 37.6 Å². The molecule has 1 N–H and O–H groups in total. The number of benzene rings is 1. The van der Waals surface area contributed by atoms with Gasteiger partial charge in [-0.25, -0.2) is 4.98 Å². The highest BCUT2D eigenvalue weighted by Crippen LogP contribution is 2.17. The lowest BCUT2D eigenvalue weighted by molar-refractivity contribution is 0.0988. The molecule has 23 heavy (non-hydrogen) atoms. The average molecular weight is 311 g/mol. The molecule has 0 fully saturated rings. The number of nitrogens with one attached hydrogen (secondary N) is 1. The van der Waals surface area contributed by atoms with Crippen LogP contribution in [0, 0.1) is 5.92 Å². The Kier molecular flexibility index (Phi) is 6.15. The standard InChI is InChI=1S/C19H25N3O/c1-4-22(17-8-6-5-7-9-17)19(23)16-11-13-21-18(14-16)20-12-10-15(2)3/h5-9,11,13-15H,4,10,12H2,1-3H3,(H,20,21). The van der Waals surface area contributed by atoms with Gasteiger partial charge in [0.25, 0.3) is 5.91 Å². The molecular weight excluding hydrogens is 286 g/mol. The van der Waals surface area contributed by atoms with Gasteiger partial charge in [-0.3, -0.25) is 4.79 Å². The van der Waals surface area contributed by atoms with Crippen LogP contribution in [0.5, 0.6) is 0 Å². The topological polar surface area (TPSA) is 45.2 Å². The summed E-state index contributed by atoms with van der Waals surface area (Å²) in [6, 6.07) is 13.3. The van der Waals surface area contributed by atoms with Gasteiger partial charge in [-0.05, 0) is 43.5 Å². The SMILES string of the molecule is CCN(C(=O)c1ccnc(NCCC(C)C)c1)c1ccccc1. The molecule has 1 heterocycles. The van der Waals surface area contributed by atoms with Crippen molar-refractivity contribution in [2.24, 2.45) is 5.92 Å². The minimum absolute atomic E-state index is 0.00647. The van der Waals surface area contributed by atoms with E-state index in [1.807, 2.05) is 43.3 Å². The maximum Gasteiger partial charge on any atom is 0.258 e. The highest BCUT2D eigenvalue weighted by Gasteiger charge is 2.16. The normalized spacial score (nSPS) is 10.6. The highest BCUT2D eigenvalue weighted by atomic mass is 16.2. The van der Waals surface area contributed by atoms with E-state index >= 15 is 0 Å².